The normalized spacial score (nSPS) is 19.4. The summed E-state index contributed by atoms with van der Waals surface area (Å²) in [6.07, 6.45) is 2.24. The minimum atomic E-state index is 0.515. The Kier molecular flexibility index (Phi) is 4.77. The number of fused-ring (bicyclic) bond motifs is 1. The second-order valence-electron chi connectivity index (χ2n) is 6.59. The van der Waals surface area contributed by atoms with Gasteiger partial charge in [-0.05, 0) is 43.6 Å². The van der Waals surface area contributed by atoms with E-state index in [2.05, 4.69) is 25.0 Å². The molecule has 0 saturated carbocycles. The van der Waals surface area contributed by atoms with E-state index >= 15 is 0 Å². The van der Waals surface area contributed by atoms with Gasteiger partial charge in [0.15, 0.2) is 0 Å². The predicted octanol–water partition coefficient (Wildman–Crippen LogP) is 3.07. The number of piperidine rings is 1. The van der Waals surface area contributed by atoms with E-state index in [1.807, 2.05) is 18.2 Å². The zero-order valence-corrected chi connectivity index (χ0v) is 15.0. The number of hydrogen-bond acceptors (Lipinski definition) is 4. The van der Waals surface area contributed by atoms with Gasteiger partial charge in [0.25, 0.3) is 0 Å². The van der Waals surface area contributed by atoms with E-state index in [0.717, 1.165) is 68.5 Å². The number of halogens is 2. The Morgan fingerprint density at radius 1 is 1.12 bits per heavy atom. The standard InChI is InChI=1S/C17H21Cl2N5/c18-14-2-1-13(15(19)9-14)11-23-6-3-12(4-7-23)17-22-21-16-10-20-5-8-24(16)17/h1-2,9,12,20H,3-8,10-11H2. The summed E-state index contributed by atoms with van der Waals surface area (Å²) < 4.78 is 2.31. The van der Waals surface area contributed by atoms with Crippen molar-refractivity contribution in [2.24, 2.45) is 0 Å². The van der Waals surface area contributed by atoms with Crippen molar-refractivity contribution < 1.29 is 0 Å². The second kappa shape index (κ2) is 7.00. The molecule has 0 unspecified atom stereocenters. The molecule has 0 radical (unpaired) electrons. The first-order valence-electron chi connectivity index (χ1n) is 8.49. The fourth-order valence-electron chi connectivity index (χ4n) is 3.66. The van der Waals surface area contributed by atoms with Gasteiger partial charge in [-0.25, -0.2) is 0 Å². The van der Waals surface area contributed by atoms with Crippen LogP contribution in [0.1, 0.15) is 36.0 Å². The average Bonchev–Trinajstić information content (AvgIpc) is 3.02. The summed E-state index contributed by atoms with van der Waals surface area (Å²) in [5, 5.41) is 13.6. The molecule has 128 valence electrons. The first-order valence-corrected chi connectivity index (χ1v) is 9.25. The molecule has 4 rings (SSSR count). The van der Waals surface area contributed by atoms with Gasteiger partial charge in [-0.15, -0.1) is 10.2 Å². The fourth-order valence-corrected chi connectivity index (χ4v) is 4.12. The Morgan fingerprint density at radius 3 is 2.75 bits per heavy atom. The lowest BCUT2D eigenvalue weighted by Crippen LogP contribution is -2.34. The van der Waals surface area contributed by atoms with Crippen molar-refractivity contribution in [1.82, 2.24) is 25.0 Å². The van der Waals surface area contributed by atoms with Crippen molar-refractivity contribution in [3.63, 3.8) is 0 Å². The van der Waals surface area contributed by atoms with E-state index in [4.69, 9.17) is 23.2 Å². The first-order chi connectivity index (χ1) is 11.7. The van der Waals surface area contributed by atoms with E-state index < -0.39 is 0 Å². The van der Waals surface area contributed by atoms with Gasteiger partial charge in [0.2, 0.25) is 0 Å². The first kappa shape index (κ1) is 16.3. The van der Waals surface area contributed by atoms with Gasteiger partial charge >= 0.3 is 0 Å². The molecular formula is C17H21Cl2N5. The predicted molar refractivity (Wildman–Crippen MR) is 95.4 cm³/mol. The van der Waals surface area contributed by atoms with Crippen molar-refractivity contribution in [2.45, 2.75) is 38.4 Å². The molecular weight excluding hydrogens is 345 g/mol. The molecule has 0 bridgehead atoms. The highest BCUT2D eigenvalue weighted by Gasteiger charge is 2.27. The second-order valence-corrected chi connectivity index (χ2v) is 7.43. The van der Waals surface area contributed by atoms with Gasteiger partial charge in [0, 0.05) is 35.6 Å². The number of aromatic nitrogens is 3. The van der Waals surface area contributed by atoms with Crippen molar-refractivity contribution in [2.75, 3.05) is 19.6 Å². The van der Waals surface area contributed by atoms with Crippen molar-refractivity contribution in [1.29, 1.82) is 0 Å². The summed E-state index contributed by atoms with van der Waals surface area (Å²) in [5.74, 6) is 2.77. The largest absolute Gasteiger partial charge is 0.312 e. The van der Waals surface area contributed by atoms with Gasteiger partial charge in [-0.1, -0.05) is 29.3 Å². The highest BCUT2D eigenvalue weighted by molar-refractivity contribution is 6.35. The maximum atomic E-state index is 6.30. The summed E-state index contributed by atoms with van der Waals surface area (Å²) in [7, 11) is 0. The van der Waals surface area contributed by atoms with E-state index in [1.165, 1.54) is 5.82 Å². The number of likely N-dealkylation sites (tertiary alicyclic amines) is 1. The van der Waals surface area contributed by atoms with Gasteiger partial charge in [0.1, 0.15) is 11.6 Å². The van der Waals surface area contributed by atoms with Crippen LogP contribution in [0, 0.1) is 0 Å². The Bertz CT molecular complexity index is 722. The molecule has 0 amide bonds. The molecule has 2 aliphatic heterocycles. The number of nitrogens with zero attached hydrogens (tertiary/aromatic N) is 4. The molecule has 2 aliphatic rings. The molecule has 1 aromatic carbocycles. The van der Waals surface area contributed by atoms with Crippen LogP contribution in [0.2, 0.25) is 10.0 Å². The van der Waals surface area contributed by atoms with Crippen LogP contribution in [0.25, 0.3) is 0 Å². The maximum Gasteiger partial charge on any atom is 0.147 e. The summed E-state index contributed by atoms with van der Waals surface area (Å²) in [4.78, 5) is 2.46. The molecule has 24 heavy (non-hydrogen) atoms. The van der Waals surface area contributed by atoms with E-state index in [1.54, 1.807) is 0 Å². The monoisotopic (exact) mass is 365 g/mol. The minimum Gasteiger partial charge on any atom is -0.312 e. The molecule has 0 atom stereocenters. The zero-order chi connectivity index (χ0) is 16.5. The minimum absolute atomic E-state index is 0.515. The quantitative estimate of drug-likeness (QED) is 0.907. The zero-order valence-electron chi connectivity index (χ0n) is 13.5. The van der Waals surface area contributed by atoms with Crippen LogP contribution in [0.4, 0.5) is 0 Å². The summed E-state index contributed by atoms with van der Waals surface area (Å²) in [5.41, 5.74) is 1.14. The number of rotatable bonds is 3. The summed E-state index contributed by atoms with van der Waals surface area (Å²) in [6, 6.07) is 5.76. The van der Waals surface area contributed by atoms with Crippen LogP contribution >= 0.6 is 23.2 Å². The van der Waals surface area contributed by atoms with Crippen LogP contribution in [0.15, 0.2) is 18.2 Å². The van der Waals surface area contributed by atoms with E-state index in [0.29, 0.717) is 10.9 Å². The molecule has 0 aliphatic carbocycles. The topological polar surface area (TPSA) is 46.0 Å². The molecule has 1 saturated heterocycles. The molecule has 3 heterocycles. The lowest BCUT2D eigenvalue weighted by Gasteiger charge is -2.32. The van der Waals surface area contributed by atoms with Crippen LogP contribution in [-0.2, 0) is 19.6 Å². The lowest BCUT2D eigenvalue weighted by molar-refractivity contribution is 0.199. The average molecular weight is 366 g/mol. The summed E-state index contributed by atoms with van der Waals surface area (Å²) in [6.45, 7) is 5.82. The number of benzene rings is 1. The number of hydrogen-bond donors (Lipinski definition) is 1. The third kappa shape index (κ3) is 3.31. The Morgan fingerprint density at radius 2 is 1.96 bits per heavy atom. The Labute approximate surface area is 152 Å². The molecule has 5 nitrogen and oxygen atoms in total. The van der Waals surface area contributed by atoms with Crippen LogP contribution < -0.4 is 5.32 Å². The molecule has 1 fully saturated rings. The molecule has 1 aromatic heterocycles. The molecule has 0 spiro atoms. The fraction of sp³-hybridized carbons (Fsp3) is 0.529. The van der Waals surface area contributed by atoms with Crippen LogP contribution in [0.5, 0.6) is 0 Å². The maximum absolute atomic E-state index is 6.30. The van der Waals surface area contributed by atoms with Gasteiger partial charge in [-0.2, -0.15) is 0 Å². The Balaban J connectivity index is 1.39. The third-order valence-electron chi connectivity index (χ3n) is 5.01. The Hall–Kier alpha value is -1.14. The van der Waals surface area contributed by atoms with Crippen molar-refractivity contribution in [3.05, 3.63) is 45.5 Å². The van der Waals surface area contributed by atoms with Gasteiger partial charge < -0.3 is 9.88 Å². The van der Waals surface area contributed by atoms with E-state index in [-0.39, 0.29) is 0 Å². The molecule has 7 heteroatoms. The smallest absolute Gasteiger partial charge is 0.147 e. The van der Waals surface area contributed by atoms with Crippen molar-refractivity contribution >= 4 is 23.2 Å². The van der Waals surface area contributed by atoms with Crippen LogP contribution in [-0.4, -0.2) is 39.3 Å². The van der Waals surface area contributed by atoms with E-state index in [9.17, 15) is 0 Å². The van der Waals surface area contributed by atoms with Crippen molar-refractivity contribution in [3.8, 4) is 0 Å². The lowest BCUT2D eigenvalue weighted by atomic mass is 9.95. The SMILES string of the molecule is Clc1ccc(CN2CCC(c3nnc4n3CCNC4)CC2)c(Cl)c1. The highest BCUT2D eigenvalue weighted by Crippen LogP contribution is 2.29. The third-order valence-corrected chi connectivity index (χ3v) is 5.60. The molecule has 2 aromatic rings. The number of nitrogens with one attached hydrogen (secondary N) is 1. The summed E-state index contributed by atoms with van der Waals surface area (Å²) >= 11 is 12.3. The van der Waals surface area contributed by atoms with Gasteiger partial charge in [0.05, 0.1) is 6.54 Å². The highest BCUT2D eigenvalue weighted by atomic mass is 35.5. The van der Waals surface area contributed by atoms with Crippen LogP contribution in [0.3, 0.4) is 0 Å². The molecule has 1 N–H and O–H groups in total. The van der Waals surface area contributed by atoms with Gasteiger partial charge in [-0.3, -0.25) is 4.90 Å².